The van der Waals surface area contributed by atoms with Crippen molar-refractivity contribution >= 4 is 23.4 Å². The Hall–Kier alpha value is -0.434. The molecule has 1 aliphatic heterocycles. The molecular formula is C20H21ClKNO3. The van der Waals surface area contributed by atoms with Crippen LogP contribution in [-0.4, -0.2) is 16.3 Å². The van der Waals surface area contributed by atoms with E-state index >= 15 is 0 Å². The van der Waals surface area contributed by atoms with Gasteiger partial charge in [0.1, 0.15) is 0 Å². The zero-order valence-corrected chi connectivity index (χ0v) is 19.1. The van der Waals surface area contributed by atoms with Crippen molar-refractivity contribution in [1.82, 2.24) is 4.57 Å². The Morgan fingerprint density at radius 1 is 1.27 bits per heavy atom. The number of halogens is 1. The number of nitrogens with zero attached hydrogens (tertiary/aromatic N) is 1. The van der Waals surface area contributed by atoms with Gasteiger partial charge in [0.2, 0.25) is 0 Å². The summed E-state index contributed by atoms with van der Waals surface area (Å²) in [5.41, 5.74) is 2.31. The summed E-state index contributed by atoms with van der Waals surface area (Å²) in [5, 5.41) is 12.0. The summed E-state index contributed by atoms with van der Waals surface area (Å²) in [6, 6.07) is 8.43. The Bertz CT molecular complexity index is 802. The molecule has 0 saturated carbocycles. The first-order chi connectivity index (χ1) is 12.0. The smallest absolute Gasteiger partial charge is 0.549 e. The van der Waals surface area contributed by atoms with Crippen LogP contribution in [0.15, 0.2) is 36.5 Å². The Balaban J connectivity index is 0.00000243. The molecule has 0 aliphatic carbocycles. The molecule has 3 rings (SSSR count). The van der Waals surface area contributed by atoms with Crippen LogP contribution >= 0.6 is 11.6 Å². The molecule has 0 radical (unpaired) electrons. The predicted molar refractivity (Wildman–Crippen MR) is 94.8 cm³/mol. The van der Waals surface area contributed by atoms with Crippen molar-refractivity contribution in [3.63, 3.8) is 0 Å². The van der Waals surface area contributed by atoms with Crippen molar-refractivity contribution in [2.45, 2.75) is 51.0 Å². The van der Waals surface area contributed by atoms with Gasteiger partial charge >= 0.3 is 51.4 Å². The van der Waals surface area contributed by atoms with Crippen molar-refractivity contribution in [2.75, 3.05) is 0 Å². The molecule has 0 bridgehead atoms. The van der Waals surface area contributed by atoms with Gasteiger partial charge in [0.05, 0.1) is 12.0 Å². The SMILES string of the molecule is CCCCc1cc2n(c1)C(C(=O)c1cccc(Cl)c1)CCC2C(=O)[O-].[K+]. The monoisotopic (exact) mass is 397 g/mol. The fraction of sp³-hybridized carbons (Fsp3) is 0.400. The summed E-state index contributed by atoms with van der Waals surface area (Å²) in [6.45, 7) is 2.12. The number of carbonyl (C=O) groups is 2. The van der Waals surface area contributed by atoms with Gasteiger partial charge < -0.3 is 14.5 Å². The van der Waals surface area contributed by atoms with Crippen LogP contribution in [0.5, 0.6) is 0 Å². The van der Waals surface area contributed by atoms with Crippen molar-refractivity contribution in [2.24, 2.45) is 0 Å². The van der Waals surface area contributed by atoms with Gasteiger partial charge in [0.15, 0.2) is 5.78 Å². The van der Waals surface area contributed by atoms with Crippen molar-refractivity contribution in [3.8, 4) is 0 Å². The third-order valence-electron chi connectivity index (χ3n) is 4.87. The molecule has 0 saturated heterocycles. The van der Waals surface area contributed by atoms with Crippen LogP contribution < -0.4 is 56.5 Å². The standard InChI is InChI=1S/C20H22ClNO3.K/c1-2-3-5-13-10-18-16(20(24)25)8-9-17(22(18)12-13)19(23)14-6-4-7-15(21)11-14;/h4,6-7,10-12,16-17H,2-3,5,8-9H2,1H3,(H,24,25);/q;+1/p-1. The first-order valence-corrected chi connectivity index (χ1v) is 9.10. The van der Waals surface area contributed by atoms with E-state index in [0.29, 0.717) is 29.1 Å². The number of unbranched alkanes of at least 4 members (excludes halogenated alkanes) is 1. The second-order valence-electron chi connectivity index (χ2n) is 6.62. The predicted octanol–water partition coefficient (Wildman–Crippen LogP) is 0.539. The van der Waals surface area contributed by atoms with Gasteiger partial charge in [0, 0.05) is 28.4 Å². The van der Waals surface area contributed by atoms with E-state index in [0.717, 1.165) is 24.8 Å². The zero-order valence-electron chi connectivity index (χ0n) is 15.2. The van der Waals surface area contributed by atoms with E-state index in [2.05, 4.69) is 6.92 Å². The number of fused-ring (bicyclic) bond motifs is 1. The average Bonchev–Trinajstić information content (AvgIpc) is 3.02. The van der Waals surface area contributed by atoms with Crippen LogP contribution in [0.2, 0.25) is 5.02 Å². The molecule has 0 spiro atoms. The van der Waals surface area contributed by atoms with Crippen molar-refractivity contribution < 1.29 is 66.1 Å². The molecule has 2 unspecified atom stereocenters. The summed E-state index contributed by atoms with van der Waals surface area (Å²) < 4.78 is 1.85. The molecule has 2 atom stereocenters. The van der Waals surface area contributed by atoms with Crippen LogP contribution in [0, 0.1) is 0 Å². The second-order valence-corrected chi connectivity index (χ2v) is 7.06. The summed E-state index contributed by atoms with van der Waals surface area (Å²) in [6.07, 6.45) is 5.82. The molecule has 1 aromatic carbocycles. The fourth-order valence-corrected chi connectivity index (χ4v) is 3.75. The molecule has 2 aromatic rings. The molecule has 2 heterocycles. The maximum atomic E-state index is 13.0. The molecule has 26 heavy (non-hydrogen) atoms. The summed E-state index contributed by atoms with van der Waals surface area (Å²) in [7, 11) is 0. The molecule has 0 amide bonds. The number of hydrogen-bond acceptors (Lipinski definition) is 3. The molecule has 1 aromatic heterocycles. The second kappa shape index (κ2) is 9.67. The number of ketones is 1. The third-order valence-corrected chi connectivity index (χ3v) is 5.11. The number of carbonyl (C=O) groups excluding carboxylic acids is 2. The van der Waals surface area contributed by atoms with Gasteiger partial charge in [-0.2, -0.15) is 0 Å². The van der Waals surface area contributed by atoms with Gasteiger partial charge in [-0.15, -0.1) is 0 Å². The van der Waals surface area contributed by atoms with Crippen molar-refractivity contribution in [1.29, 1.82) is 0 Å². The Morgan fingerprint density at radius 2 is 2.04 bits per heavy atom. The Kier molecular flexibility index (Phi) is 8.13. The zero-order chi connectivity index (χ0) is 18.0. The molecule has 4 nitrogen and oxygen atoms in total. The van der Waals surface area contributed by atoms with E-state index < -0.39 is 11.9 Å². The minimum atomic E-state index is -1.07. The molecule has 1 aliphatic rings. The van der Waals surface area contributed by atoms with Crippen LogP contribution in [0.1, 0.15) is 66.2 Å². The number of aromatic nitrogens is 1. The number of carboxylic acids is 1. The minimum absolute atomic E-state index is 0. The third kappa shape index (κ3) is 4.69. The van der Waals surface area contributed by atoms with Crippen LogP contribution in [-0.2, 0) is 11.2 Å². The number of rotatable bonds is 6. The number of aliphatic carboxylic acids is 1. The molecule has 132 valence electrons. The molecule has 6 heteroatoms. The number of aryl methyl sites for hydroxylation is 1. The number of Topliss-reactive ketones (excluding diaryl/α,β-unsaturated/α-hetero) is 1. The van der Waals surface area contributed by atoms with Gasteiger partial charge in [0.25, 0.3) is 0 Å². The topological polar surface area (TPSA) is 62.1 Å². The van der Waals surface area contributed by atoms with Crippen LogP contribution in [0.3, 0.4) is 0 Å². The molecular weight excluding hydrogens is 377 g/mol. The van der Waals surface area contributed by atoms with E-state index in [4.69, 9.17) is 11.6 Å². The number of carboxylic acid groups (broad SMARTS) is 1. The number of benzene rings is 1. The maximum absolute atomic E-state index is 13.0. The van der Waals surface area contributed by atoms with E-state index in [1.807, 2.05) is 16.8 Å². The largest absolute Gasteiger partial charge is 1.00 e. The Labute approximate surface area is 201 Å². The average molecular weight is 398 g/mol. The number of hydrogen-bond donors (Lipinski definition) is 0. The first kappa shape index (κ1) is 21.9. The quantitative estimate of drug-likeness (QED) is 0.528. The van der Waals surface area contributed by atoms with E-state index in [9.17, 15) is 14.7 Å². The van der Waals surface area contributed by atoms with Crippen LogP contribution in [0.4, 0.5) is 0 Å². The molecule has 0 N–H and O–H groups in total. The van der Waals surface area contributed by atoms with Gasteiger partial charge in [-0.05, 0) is 49.4 Å². The summed E-state index contributed by atoms with van der Waals surface area (Å²) in [4.78, 5) is 24.5. The van der Waals surface area contributed by atoms with E-state index in [1.165, 1.54) is 0 Å². The maximum Gasteiger partial charge on any atom is 1.00 e. The van der Waals surface area contributed by atoms with Gasteiger partial charge in [-0.25, -0.2) is 0 Å². The van der Waals surface area contributed by atoms with Gasteiger partial charge in [-0.3, -0.25) is 4.79 Å². The fourth-order valence-electron chi connectivity index (χ4n) is 3.56. The van der Waals surface area contributed by atoms with E-state index in [-0.39, 0.29) is 63.2 Å². The minimum Gasteiger partial charge on any atom is -0.549 e. The van der Waals surface area contributed by atoms with Crippen LogP contribution in [0.25, 0.3) is 0 Å². The summed E-state index contributed by atoms with van der Waals surface area (Å²) >= 11 is 6.01. The Morgan fingerprint density at radius 3 is 2.69 bits per heavy atom. The summed E-state index contributed by atoms with van der Waals surface area (Å²) in [5.74, 6) is -1.76. The van der Waals surface area contributed by atoms with Crippen molar-refractivity contribution in [3.05, 3.63) is 58.4 Å². The van der Waals surface area contributed by atoms with Gasteiger partial charge in [-0.1, -0.05) is 37.1 Å². The van der Waals surface area contributed by atoms with E-state index in [1.54, 1.807) is 24.3 Å². The first-order valence-electron chi connectivity index (χ1n) is 8.72. The normalized spacial score (nSPS) is 18.7. The molecule has 0 fully saturated rings.